The summed E-state index contributed by atoms with van der Waals surface area (Å²) in [5, 5.41) is 3.30. The van der Waals surface area contributed by atoms with Gasteiger partial charge in [0, 0.05) is 23.1 Å². The van der Waals surface area contributed by atoms with E-state index < -0.39 is 17.6 Å². The zero-order chi connectivity index (χ0) is 18.5. The van der Waals surface area contributed by atoms with Crippen LogP contribution in [0.5, 0.6) is 0 Å². The maximum absolute atomic E-state index is 13.8. The molecule has 0 spiro atoms. The van der Waals surface area contributed by atoms with E-state index in [4.69, 9.17) is 11.6 Å². The summed E-state index contributed by atoms with van der Waals surface area (Å²) >= 11 is 6.00. The summed E-state index contributed by atoms with van der Waals surface area (Å²) in [4.78, 5) is 8.61. The summed E-state index contributed by atoms with van der Waals surface area (Å²) in [5.41, 5.74) is 0.547. The van der Waals surface area contributed by atoms with Crippen molar-refractivity contribution in [3.05, 3.63) is 65.2 Å². The highest BCUT2D eigenvalue weighted by molar-refractivity contribution is 6.31. The summed E-state index contributed by atoms with van der Waals surface area (Å²) in [6.45, 7) is 0. The number of alkyl halides is 3. The largest absolute Gasteiger partial charge is 0.419 e. The molecule has 0 aliphatic carbocycles. The molecule has 2 aromatic carbocycles. The molecule has 0 unspecified atom stereocenters. The van der Waals surface area contributed by atoms with E-state index in [-0.39, 0.29) is 11.5 Å². The van der Waals surface area contributed by atoms with E-state index in [2.05, 4.69) is 15.3 Å². The average molecular weight is 381 g/mol. The number of nitrogens with one attached hydrogen (secondary N) is 1. The Bertz CT molecular complexity index is 1140. The molecule has 2 heterocycles. The summed E-state index contributed by atoms with van der Waals surface area (Å²) < 4.78 is 53.6. The van der Waals surface area contributed by atoms with Crippen LogP contribution >= 0.6 is 11.6 Å². The van der Waals surface area contributed by atoms with E-state index in [0.717, 1.165) is 17.6 Å². The van der Waals surface area contributed by atoms with Crippen molar-refractivity contribution in [1.29, 1.82) is 0 Å². The number of imidazole rings is 1. The predicted octanol–water partition coefficient (Wildman–Crippen LogP) is 5.44. The molecule has 0 saturated heterocycles. The van der Waals surface area contributed by atoms with Crippen LogP contribution in [0.2, 0.25) is 5.02 Å². The van der Waals surface area contributed by atoms with Crippen LogP contribution in [0, 0.1) is 5.82 Å². The minimum atomic E-state index is -4.75. The molecule has 4 rings (SSSR count). The zero-order valence-electron chi connectivity index (χ0n) is 12.9. The minimum Gasteiger partial charge on any atom is -0.337 e. The number of rotatable bonds is 2. The second-order valence-electron chi connectivity index (χ2n) is 5.53. The van der Waals surface area contributed by atoms with Gasteiger partial charge in [-0.25, -0.2) is 14.4 Å². The highest BCUT2D eigenvalue weighted by atomic mass is 35.5. The molecule has 26 heavy (non-hydrogen) atoms. The number of benzene rings is 2. The summed E-state index contributed by atoms with van der Waals surface area (Å²) in [6.07, 6.45) is -1.48. The van der Waals surface area contributed by atoms with Gasteiger partial charge in [-0.2, -0.15) is 13.2 Å². The SMILES string of the molecule is Fc1cc(Nc2nc3cc(Cl)ccc3n3ccnc23)ccc1C(F)(F)F. The smallest absolute Gasteiger partial charge is 0.337 e. The van der Waals surface area contributed by atoms with Crippen LogP contribution in [0.4, 0.5) is 29.1 Å². The van der Waals surface area contributed by atoms with Gasteiger partial charge in [-0.05, 0) is 36.4 Å². The van der Waals surface area contributed by atoms with Crippen LogP contribution in [-0.4, -0.2) is 14.4 Å². The number of anilines is 2. The summed E-state index contributed by atoms with van der Waals surface area (Å²) in [5.74, 6) is -1.10. The van der Waals surface area contributed by atoms with Crippen molar-refractivity contribution >= 4 is 39.8 Å². The van der Waals surface area contributed by atoms with Crippen LogP contribution < -0.4 is 5.32 Å². The quantitative estimate of drug-likeness (QED) is 0.471. The fourth-order valence-corrected chi connectivity index (χ4v) is 2.84. The fraction of sp³-hybridized carbons (Fsp3) is 0.0588. The molecule has 0 fully saturated rings. The van der Waals surface area contributed by atoms with Gasteiger partial charge in [0.05, 0.1) is 16.6 Å². The second kappa shape index (κ2) is 5.84. The van der Waals surface area contributed by atoms with Crippen molar-refractivity contribution in [2.75, 3.05) is 5.32 Å². The van der Waals surface area contributed by atoms with Crippen molar-refractivity contribution < 1.29 is 17.6 Å². The van der Waals surface area contributed by atoms with Gasteiger partial charge < -0.3 is 5.32 Å². The Balaban J connectivity index is 1.82. The zero-order valence-corrected chi connectivity index (χ0v) is 13.6. The molecule has 132 valence electrons. The van der Waals surface area contributed by atoms with E-state index in [1.165, 1.54) is 0 Å². The highest BCUT2D eigenvalue weighted by Crippen LogP contribution is 2.33. The average Bonchev–Trinajstić information content (AvgIpc) is 3.03. The van der Waals surface area contributed by atoms with Crippen molar-refractivity contribution in [2.45, 2.75) is 6.18 Å². The first-order valence-electron chi connectivity index (χ1n) is 7.39. The van der Waals surface area contributed by atoms with E-state index in [1.54, 1.807) is 35.0 Å². The number of nitrogens with zero attached hydrogens (tertiary/aromatic N) is 3. The lowest BCUT2D eigenvalue weighted by Crippen LogP contribution is -2.08. The van der Waals surface area contributed by atoms with Gasteiger partial charge in [0.25, 0.3) is 0 Å². The van der Waals surface area contributed by atoms with Crippen molar-refractivity contribution in [1.82, 2.24) is 14.4 Å². The Morgan fingerprint density at radius 3 is 2.62 bits per heavy atom. The van der Waals surface area contributed by atoms with E-state index in [0.29, 0.717) is 22.3 Å². The van der Waals surface area contributed by atoms with Crippen molar-refractivity contribution in [3.63, 3.8) is 0 Å². The van der Waals surface area contributed by atoms with Gasteiger partial charge in [-0.15, -0.1) is 0 Å². The Morgan fingerprint density at radius 2 is 1.88 bits per heavy atom. The predicted molar refractivity (Wildman–Crippen MR) is 90.2 cm³/mol. The molecule has 1 N–H and O–H groups in total. The topological polar surface area (TPSA) is 42.2 Å². The Hall–Kier alpha value is -2.87. The van der Waals surface area contributed by atoms with Gasteiger partial charge in [0.1, 0.15) is 5.82 Å². The molecule has 0 aliphatic heterocycles. The third-order valence-corrected chi connectivity index (χ3v) is 4.05. The maximum Gasteiger partial charge on any atom is 0.419 e. The lowest BCUT2D eigenvalue weighted by atomic mass is 10.2. The van der Waals surface area contributed by atoms with E-state index >= 15 is 0 Å². The second-order valence-corrected chi connectivity index (χ2v) is 5.97. The lowest BCUT2D eigenvalue weighted by Gasteiger charge is -2.12. The third-order valence-electron chi connectivity index (χ3n) is 3.82. The van der Waals surface area contributed by atoms with Crippen LogP contribution in [0.15, 0.2) is 48.8 Å². The molecule has 0 aliphatic rings. The Kier molecular flexibility index (Phi) is 3.73. The molecule has 4 nitrogen and oxygen atoms in total. The number of fused-ring (bicyclic) bond motifs is 3. The molecular formula is C17H9ClF4N4. The van der Waals surface area contributed by atoms with E-state index in [9.17, 15) is 17.6 Å². The number of hydrogen-bond donors (Lipinski definition) is 1. The Labute approximate surface area is 149 Å². The van der Waals surface area contributed by atoms with Crippen molar-refractivity contribution in [3.8, 4) is 0 Å². The Morgan fingerprint density at radius 1 is 1.08 bits per heavy atom. The third kappa shape index (κ3) is 2.82. The molecule has 0 saturated carbocycles. The molecule has 9 heteroatoms. The van der Waals surface area contributed by atoms with Crippen LogP contribution in [-0.2, 0) is 6.18 Å². The molecular weight excluding hydrogens is 372 g/mol. The maximum atomic E-state index is 13.8. The van der Waals surface area contributed by atoms with E-state index in [1.807, 2.05) is 0 Å². The first kappa shape index (κ1) is 16.6. The minimum absolute atomic E-state index is 0.120. The van der Waals surface area contributed by atoms with Crippen LogP contribution in [0.1, 0.15) is 5.56 Å². The van der Waals surface area contributed by atoms with Crippen LogP contribution in [0.25, 0.3) is 16.7 Å². The van der Waals surface area contributed by atoms with Gasteiger partial charge in [-0.3, -0.25) is 4.40 Å². The molecule has 0 radical (unpaired) electrons. The molecule has 0 atom stereocenters. The first-order valence-corrected chi connectivity index (χ1v) is 7.77. The number of aromatic nitrogens is 3. The number of halogens is 5. The van der Waals surface area contributed by atoms with Crippen LogP contribution in [0.3, 0.4) is 0 Å². The lowest BCUT2D eigenvalue weighted by molar-refractivity contribution is -0.139. The van der Waals surface area contributed by atoms with Crippen molar-refractivity contribution in [2.24, 2.45) is 0 Å². The van der Waals surface area contributed by atoms with Gasteiger partial charge >= 0.3 is 6.18 Å². The van der Waals surface area contributed by atoms with Gasteiger partial charge in [-0.1, -0.05) is 11.6 Å². The molecule has 4 aromatic rings. The number of hydrogen-bond acceptors (Lipinski definition) is 3. The summed E-state index contributed by atoms with van der Waals surface area (Å²) in [7, 11) is 0. The van der Waals surface area contributed by atoms with Gasteiger partial charge in [0.2, 0.25) is 0 Å². The normalized spacial score (nSPS) is 12.0. The van der Waals surface area contributed by atoms with Gasteiger partial charge in [0.15, 0.2) is 11.5 Å². The standard InChI is InChI=1S/C17H9ClF4N4/c18-9-1-4-14-13(7-9)25-15(16-23-5-6-26(14)16)24-10-2-3-11(12(19)8-10)17(20,21)22/h1-8H,(H,24,25). The molecule has 0 amide bonds. The monoisotopic (exact) mass is 380 g/mol. The molecule has 0 bridgehead atoms. The molecule has 2 aromatic heterocycles. The fourth-order valence-electron chi connectivity index (χ4n) is 2.68. The summed E-state index contributed by atoms with van der Waals surface area (Å²) in [6, 6.07) is 7.72. The first-order chi connectivity index (χ1) is 12.3. The highest BCUT2D eigenvalue weighted by Gasteiger charge is 2.33.